The normalized spacial score (nSPS) is 25.8. The molecule has 0 bridgehead atoms. The molecular formula is C37H52FN5O3. The van der Waals surface area contributed by atoms with E-state index in [1.54, 1.807) is 11.1 Å². The fraction of sp³-hybridized carbons (Fsp3) is 0.676. The van der Waals surface area contributed by atoms with E-state index in [4.69, 9.17) is 4.74 Å². The molecule has 2 saturated carbocycles. The van der Waals surface area contributed by atoms with E-state index in [1.807, 2.05) is 27.7 Å². The summed E-state index contributed by atoms with van der Waals surface area (Å²) < 4.78 is 20.7. The van der Waals surface area contributed by atoms with Crippen LogP contribution >= 0.6 is 0 Å². The van der Waals surface area contributed by atoms with Crippen LogP contribution in [0.2, 0.25) is 0 Å². The highest BCUT2D eigenvalue weighted by molar-refractivity contribution is 5.97. The summed E-state index contributed by atoms with van der Waals surface area (Å²) in [5.74, 6) is 1.95. The number of aromatic nitrogens is 2. The smallest absolute Gasteiger partial charge is 0.258 e. The van der Waals surface area contributed by atoms with E-state index in [1.165, 1.54) is 69.6 Å². The Balaban J connectivity index is 1.04. The number of carbonyl (C=O) groups is 2. The predicted octanol–water partition coefficient (Wildman–Crippen LogP) is 7.13. The van der Waals surface area contributed by atoms with Crippen molar-refractivity contribution >= 4 is 17.5 Å². The molecule has 0 unspecified atom stereocenters. The SMILES string of the molecule is CC(C)N(C(=O)c1cc(F)ccc1Oc1cncnc1N1CC2(CCN(CC3CCC4(CC3)CC(=O)C(C)(C)C4)CC2)C1)C(C)C. The second kappa shape index (κ2) is 12.5. The van der Waals surface area contributed by atoms with Gasteiger partial charge in [-0.3, -0.25) is 9.59 Å². The van der Waals surface area contributed by atoms with Gasteiger partial charge >= 0.3 is 0 Å². The van der Waals surface area contributed by atoms with Crippen molar-refractivity contribution in [1.82, 2.24) is 19.8 Å². The first-order valence-electron chi connectivity index (χ1n) is 17.4. The van der Waals surface area contributed by atoms with Crippen molar-refractivity contribution in [2.75, 3.05) is 37.6 Å². The number of Topliss-reactive ketones (excluding diaryl/α,β-unsaturated/α-hetero) is 1. The number of halogens is 1. The average molecular weight is 634 g/mol. The Morgan fingerprint density at radius 3 is 2.30 bits per heavy atom. The number of amides is 1. The van der Waals surface area contributed by atoms with Crippen molar-refractivity contribution in [2.45, 2.75) is 105 Å². The highest BCUT2D eigenvalue weighted by atomic mass is 19.1. The number of hydrogen-bond donors (Lipinski definition) is 0. The topological polar surface area (TPSA) is 78.9 Å². The lowest BCUT2D eigenvalue weighted by atomic mass is 9.67. The second-order valence-electron chi connectivity index (χ2n) is 16.1. The van der Waals surface area contributed by atoms with Gasteiger partial charge in [-0.25, -0.2) is 14.4 Å². The molecule has 3 heterocycles. The molecule has 46 heavy (non-hydrogen) atoms. The van der Waals surface area contributed by atoms with Crippen LogP contribution in [-0.4, -0.2) is 76.3 Å². The van der Waals surface area contributed by atoms with Gasteiger partial charge in [-0.1, -0.05) is 13.8 Å². The monoisotopic (exact) mass is 633 g/mol. The number of hydrogen-bond acceptors (Lipinski definition) is 7. The van der Waals surface area contributed by atoms with Gasteiger partial charge in [0.05, 0.1) is 11.8 Å². The number of carbonyl (C=O) groups excluding carboxylic acids is 2. The standard InChI is InChI=1S/C37H52FN5O3/c1-25(2)43(26(3)4)34(45)29-17-28(38)7-8-30(29)46-31-19-39-24-40-33(31)42-22-37(23-42)13-15-41(16-14-37)20-27-9-11-36(12-10-27)18-32(44)35(5,6)21-36/h7-8,17,19,24-27H,9-16,18,20-23H2,1-6H3. The van der Waals surface area contributed by atoms with Crippen LogP contribution in [0.4, 0.5) is 10.2 Å². The number of nitrogens with zero attached hydrogens (tertiary/aromatic N) is 5. The zero-order chi connectivity index (χ0) is 32.9. The van der Waals surface area contributed by atoms with Gasteiger partial charge in [-0.2, -0.15) is 0 Å². The van der Waals surface area contributed by atoms with Gasteiger partial charge in [0.2, 0.25) is 0 Å². The molecule has 1 aromatic carbocycles. The molecule has 8 nitrogen and oxygen atoms in total. The minimum atomic E-state index is -0.481. The fourth-order valence-electron chi connectivity index (χ4n) is 9.01. The first-order valence-corrected chi connectivity index (χ1v) is 17.4. The molecule has 2 aliphatic carbocycles. The Hall–Kier alpha value is -3.07. The minimum absolute atomic E-state index is 0.0470. The molecule has 0 atom stereocenters. The summed E-state index contributed by atoms with van der Waals surface area (Å²) >= 11 is 0. The molecule has 2 aliphatic heterocycles. The molecular weight excluding hydrogens is 581 g/mol. The Labute approximate surface area is 274 Å². The molecule has 250 valence electrons. The number of likely N-dealkylation sites (tertiary alicyclic amines) is 1. The summed E-state index contributed by atoms with van der Waals surface area (Å²) in [4.78, 5) is 41.5. The van der Waals surface area contributed by atoms with Gasteiger partial charge in [-0.05, 0) is 115 Å². The number of ketones is 1. The first kappa shape index (κ1) is 32.9. The third-order valence-corrected chi connectivity index (χ3v) is 11.5. The molecule has 0 N–H and O–H groups in total. The van der Waals surface area contributed by atoms with Crippen molar-refractivity contribution in [3.05, 3.63) is 42.1 Å². The molecule has 9 heteroatoms. The van der Waals surface area contributed by atoms with E-state index >= 15 is 0 Å². The third-order valence-electron chi connectivity index (χ3n) is 11.5. The lowest BCUT2D eigenvalue weighted by Gasteiger charge is -2.55. The average Bonchev–Trinajstić information content (AvgIpc) is 3.21. The molecule has 4 aliphatic rings. The fourth-order valence-corrected chi connectivity index (χ4v) is 9.01. The zero-order valence-electron chi connectivity index (χ0n) is 28.6. The summed E-state index contributed by atoms with van der Waals surface area (Å²) in [6, 6.07) is 4.00. The van der Waals surface area contributed by atoms with Crippen LogP contribution in [0.1, 0.15) is 103 Å². The van der Waals surface area contributed by atoms with Crippen LogP contribution in [0.5, 0.6) is 11.5 Å². The van der Waals surface area contributed by atoms with Gasteiger partial charge in [0.25, 0.3) is 5.91 Å². The number of ether oxygens (including phenoxy) is 1. The maximum absolute atomic E-state index is 14.4. The van der Waals surface area contributed by atoms with E-state index in [9.17, 15) is 14.0 Å². The van der Waals surface area contributed by atoms with Gasteiger partial charge in [-0.15, -0.1) is 0 Å². The van der Waals surface area contributed by atoms with Crippen molar-refractivity contribution < 1.29 is 18.7 Å². The van der Waals surface area contributed by atoms with Crippen molar-refractivity contribution in [3.63, 3.8) is 0 Å². The van der Waals surface area contributed by atoms with E-state index in [2.05, 4.69) is 33.6 Å². The first-order chi connectivity index (χ1) is 21.8. The number of rotatable bonds is 8. The molecule has 0 radical (unpaired) electrons. The molecule has 4 fully saturated rings. The molecule has 2 saturated heterocycles. The second-order valence-corrected chi connectivity index (χ2v) is 16.1. The van der Waals surface area contributed by atoms with Crippen molar-refractivity contribution in [3.8, 4) is 11.5 Å². The Kier molecular flexibility index (Phi) is 8.94. The molecule has 2 spiro atoms. The number of piperidine rings is 1. The van der Waals surface area contributed by atoms with Crippen molar-refractivity contribution in [2.24, 2.45) is 22.2 Å². The zero-order valence-corrected chi connectivity index (χ0v) is 28.6. The van der Waals surface area contributed by atoms with Gasteiger partial charge in [0, 0.05) is 49.0 Å². The Morgan fingerprint density at radius 2 is 1.70 bits per heavy atom. The van der Waals surface area contributed by atoms with Crippen LogP contribution < -0.4 is 9.64 Å². The number of anilines is 1. The van der Waals surface area contributed by atoms with Gasteiger partial charge in [0.15, 0.2) is 11.6 Å². The summed E-state index contributed by atoms with van der Waals surface area (Å²) in [7, 11) is 0. The Morgan fingerprint density at radius 1 is 1.02 bits per heavy atom. The van der Waals surface area contributed by atoms with E-state index < -0.39 is 5.82 Å². The van der Waals surface area contributed by atoms with Gasteiger partial charge in [0.1, 0.15) is 23.7 Å². The van der Waals surface area contributed by atoms with Crippen LogP contribution in [0.3, 0.4) is 0 Å². The van der Waals surface area contributed by atoms with Crippen LogP contribution in [0, 0.1) is 28.0 Å². The quantitative estimate of drug-likeness (QED) is 0.306. The highest BCUT2D eigenvalue weighted by Crippen LogP contribution is 2.55. The molecule has 2 aromatic rings. The van der Waals surface area contributed by atoms with E-state index in [0.29, 0.717) is 23.1 Å². The largest absolute Gasteiger partial charge is 0.451 e. The number of benzene rings is 1. The van der Waals surface area contributed by atoms with Crippen molar-refractivity contribution in [1.29, 1.82) is 0 Å². The van der Waals surface area contributed by atoms with Crippen LogP contribution in [0.25, 0.3) is 0 Å². The molecule has 1 amide bonds. The molecule has 6 rings (SSSR count). The maximum Gasteiger partial charge on any atom is 0.258 e. The predicted molar refractivity (Wildman–Crippen MR) is 178 cm³/mol. The summed E-state index contributed by atoms with van der Waals surface area (Å²) in [5.41, 5.74) is 0.614. The summed E-state index contributed by atoms with van der Waals surface area (Å²) in [6.07, 6.45) is 12.3. The maximum atomic E-state index is 14.4. The Bertz CT molecular complexity index is 1430. The lowest BCUT2D eigenvalue weighted by molar-refractivity contribution is -0.124. The molecule has 1 aromatic heterocycles. The highest BCUT2D eigenvalue weighted by Gasteiger charge is 2.50. The van der Waals surface area contributed by atoms with Crippen LogP contribution in [0.15, 0.2) is 30.7 Å². The van der Waals surface area contributed by atoms with E-state index in [0.717, 1.165) is 44.9 Å². The van der Waals surface area contributed by atoms with Gasteiger partial charge < -0.3 is 19.4 Å². The van der Waals surface area contributed by atoms with Crippen LogP contribution in [-0.2, 0) is 4.79 Å². The minimum Gasteiger partial charge on any atom is -0.451 e. The lowest BCUT2D eigenvalue weighted by Crippen LogP contribution is -2.61. The summed E-state index contributed by atoms with van der Waals surface area (Å²) in [5, 5.41) is 0. The van der Waals surface area contributed by atoms with E-state index in [-0.39, 0.29) is 39.8 Å². The third kappa shape index (κ3) is 6.54. The summed E-state index contributed by atoms with van der Waals surface area (Å²) in [6.45, 7) is 17.3.